The molecule has 0 heterocycles. The fourth-order valence-electron chi connectivity index (χ4n) is 2.27. The first-order chi connectivity index (χ1) is 11.2. The molecule has 5 heteroatoms. The van der Waals surface area contributed by atoms with Crippen molar-refractivity contribution in [3.8, 4) is 0 Å². The highest BCUT2D eigenvalue weighted by molar-refractivity contribution is 6.39. The Morgan fingerprint density at radius 3 is 2.13 bits per heavy atom. The van der Waals surface area contributed by atoms with E-state index < -0.39 is 11.8 Å². The van der Waals surface area contributed by atoms with E-state index in [4.69, 9.17) is 0 Å². The van der Waals surface area contributed by atoms with Crippen LogP contribution in [0.3, 0.4) is 0 Å². The van der Waals surface area contributed by atoms with Crippen LogP contribution in [0.1, 0.15) is 17.9 Å². The average Bonchev–Trinajstić information content (AvgIpc) is 2.60. The molecule has 120 valence electrons. The molecule has 0 saturated heterocycles. The van der Waals surface area contributed by atoms with Gasteiger partial charge in [0.15, 0.2) is 0 Å². The lowest BCUT2D eigenvalue weighted by Crippen LogP contribution is -2.37. The van der Waals surface area contributed by atoms with E-state index in [9.17, 15) is 14.7 Å². The number of carbonyl (C=O) groups excluding carboxylic acids is 2. The van der Waals surface area contributed by atoms with Gasteiger partial charge in [-0.15, -0.1) is 0 Å². The molecular formula is C18H20N2O3. The molecule has 0 saturated carbocycles. The van der Waals surface area contributed by atoms with Crippen molar-refractivity contribution in [3.05, 3.63) is 66.2 Å². The number of hydrogen-bond donors (Lipinski definition) is 3. The maximum absolute atomic E-state index is 11.9. The first-order valence-corrected chi connectivity index (χ1v) is 7.50. The summed E-state index contributed by atoms with van der Waals surface area (Å²) >= 11 is 0. The van der Waals surface area contributed by atoms with Gasteiger partial charge in [0.1, 0.15) is 0 Å². The number of aliphatic hydroxyl groups is 1. The normalized spacial score (nSPS) is 11.5. The van der Waals surface area contributed by atoms with E-state index in [-0.39, 0.29) is 12.5 Å². The predicted octanol–water partition coefficient (Wildman–Crippen LogP) is 1.91. The molecule has 2 aromatic rings. The Morgan fingerprint density at radius 2 is 1.52 bits per heavy atom. The largest absolute Gasteiger partial charge is 0.396 e. The van der Waals surface area contributed by atoms with Crippen LogP contribution >= 0.6 is 0 Å². The minimum absolute atomic E-state index is 0.0195. The molecule has 1 atom stereocenters. The lowest BCUT2D eigenvalue weighted by atomic mass is 9.96. The lowest BCUT2D eigenvalue weighted by molar-refractivity contribution is -0.136. The Hall–Kier alpha value is -2.66. The maximum atomic E-state index is 11.9. The van der Waals surface area contributed by atoms with Crippen LogP contribution in [-0.4, -0.2) is 30.1 Å². The highest BCUT2D eigenvalue weighted by atomic mass is 16.3. The van der Waals surface area contributed by atoms with Crippen molar-refractivity contribution < 1.29 is 14.7 Å². The van der Waals surface area contributed by atoms with E-state index in [1.807, 2.05) is 36.4 Å². The summed E-state index contributed by atoms with van der Waals surface area (Å²) in [6, 6.07) is 18.4. The summed E-state index contributed by atoms with van der Waals surface area (Å²) in [6.45, 7) is 0.317. The number of para-hydroxylation sites is 1. The van der Waals surface area contributed by atoms with Crippen LogP contribution in [-0.2, 0) is 9.59 Å². The van der Waals surface area contributed by atoms with Crippen LogP contribution in [0.2, 0.25) is 0 Å². The highest BCUT2D eigenvalue weighted by Gasteiger charge is 2.17. The second-order valence-corrected chi connectivity index (χ2v) is 5.15. The SMILES string of the molecule is O=C(NCC(CCO)c1ccccc1)C(=O)Nc1ccccc1. The smallest absolute Gasteiger partial charge is 0.313 e. The molecule has 3 N–H and O–H groups in total. The molecule has 0 aliphatic carbocycles. The second kappa shape index (κ2) is 8.70. The topological polar surface area (TPSA) is 78.4 Å². The van der Waals surface area contributed by atoms with E-state index >= 15 is 0 Å². The van der Waals surface area contributed by atoms with Gasteiger partial charge in [-0.05, 0) is 24.1 Å². The molecule has 2 amide bonds. The van der Waals surface area contributed by atoms with Gasteiger partial charge in [-0.3, -0.25) is 9.59 Å². The van der Waals surface area contributed by atoms with Crippen molar-refractivity contribution in [3.63, 3.8) is 0 Å². The summed E-state index contributed by atoms with van der Waals surface area (Å²) in [5.41, 5.74) is 1.59. The summed E-state index contributed by atoms with van der Waals surface area (Å²) < 4.78 is 0. The third kappa shape index (κ3) is 5.23. The first kappa shape index (κ1) is 16.7. The van der Waals surface area contributed by atoms with E-state index in [0.29, 0.717) is 18.7 Å². The first-order valence-electron chi connectivity index (χ1n) is 7.50. The Labute approximate surface area is 135 Å². The monoisotopic (exact) mass is 312 g/mol. The minimum Gasteiger partial charge on any atom is -0.396 e. The number of hydrogen-bond acceptors (Lipinski definition) is 3. The molecule has 0 aliphatic heterocycles. The molecule has 2 rings (SSSR count). The van der Waals surface area contributed by atoms with Gasteiger partial charge in [-0.2, -0.15) is 0 Å². The predicted molar refractivity (Wildman–Crippen MR) is 89.0 cm³/mol. The quantitative estimate of drug-likeness (QED) is 0.713. The van der Waals surface area contributed by atoms with Crippen LogP contribution in [0.4, 0.5) is 5.69 Å². The maximum Gasteiger partial charge on any atom is 0.313 e. The third-order valence-corrected chi connectivity index (χ3v) is 3.50. The van der Waals surface area contributed by atoms with Crippen LogP contribution in [0.5, 0.6) is 0 Å². The van der Waals surface area contributed by atoms with Crippen LogP contribution in [0.15, 0.2) is 60.7 Å². The van der Waals surface area contributed by atoms with E-state index in [1.54, 1.807) is 24.3 Å². The summed E-state index contributed by atoms with van der Waals surface area (Å²) in [5.74, 6) is -1.42. The van der Waals surface area contributed by atoms with Crippen LogP contribution in [0, 0.1) is 0 Å². The molecule has 2 aromatic carbocycles. The molecule has 23 heavy (non-hydrogen) atoms. The zero-order valence-corrected chi connectivity index (χ0v) is 12.7. The van der Waals surface area contributed by atoms with Crippen molar-refractivity contribution in [2.75, 3.05) is 18.5 Å². The lowest BCUT2D eigenvalue weighted by Gasteiger charge is -2.17. The van der Waals surface area contributed by atoms with E-state index in [0.717, 1.165) is 5.56 Å². The average molecular weight is 312 g/mol. The number of nitrogens with one attached hydrogen (secondary N) is 2. The Kier molecular flexibility index (Phi) is 6.32. The number of rotatable bonds is 6. The van der Waals surface area contributed by atoms with Gasteiger partial charge < -0.3 is 15.7 Å². The van der Waals surface area contributed by atoms with Gasteiger partial charge in [-0.25, -0.2) is 0 Å². The van der Waals surface area contributed by atoms with Crippen molar-refractivity contribution in [2.45, 2.75) is 12.3 Å². The van der Waals surface area contributed by atoms with Gasteiger partial charge in [0.05, 0.1) is 0 Å². The minimum atomic E-state index is -0.702. The number of aliphatic hydroxyl groups excluding tert-OH is 1. The van der Waals surface area contributed by atoms with Crippen molar-refractivity contribution in [1.82, 2.24) is 5.32 Å². The summed E-state index contributed by atoms with van der Waals surface area (Å²) in [7, 11) is 0. The molecule has 0 radical (unpaired) electrons. The number of amides is 2. The van der Waals surface area contributed by atoms with Gasteiger partial charge in [0, 0.05) is 24.8 Å². The molecule has 0 aliphatic rings. The fourth-order valence-corrected chi connectivity index (χ4v) is 2.27. The molecule has 1 unspecified atom stereocenters. The number of anilines is 1. The van der Waals surface area contributed by atoms with E-state index in [2.05, 4.69) is 10.6 Å². The summed E-state index contributed by atoms with van der Waals surface area (Å²) in [6.07, 6.45) is 0.518. The third-order valence-electron chi connectivity index (χ3n) is 3.50. The zero-order valence-electron chi connectivity index (χ0n) is 12.7. The van der Waals surface area contributed by atoms with Crippen molar-refractivity contribution in [2.24, 2.45) is 0 Å². The Bertz CT molecular complexity index is 629. The van der Waals surface area contributed by atoms with Crippen LogP contribution < -0.4 is 10.6 Å². The molecule has 0 aromatic heterocycles. The zero-order chi connectivity index (χ0) is 16.5. The number of carbonyl (C=O) groups is 2. The molecular weight excluding hydrogens is 292 g/mol. The van der Waals surface area contributed by atoms with Crippen molar-refractivity contribution in [1.29, 1.82) is 0 Å². The highest BCUT2D eigenvalue weighted by Crippen LogP contribution is 2.18. The number of benzene rings is 2. The van der Waals surface area contributed by atoms with Gasteiger partial charge >= 0.3 is 11.8 Å². The Balaban J connectivity index is 1.90. The summed E-state index contributed by atoms with van der Waals surface area (Å²) in [4.78, 5) is 23.7. The molecule has 0 bridgehead atoms. The van der Waals surface area contributed by atoms with Gasteiger partial charge in [0.2, 0.25) is 0 Å². The standard InChI is InChI=1S/C18H20N2O3/c21-12-11-15(14-7-3-1-4-8-14)13-19-17(22)18(23)20-16-9-5-2-6-10-16/h1-10,15,21H,11-13H2,(H,19,22)(H,20,23). The fraction of sp³-hybridized carbons (Fsp3) is 0.222. The second-order valence-electron chi connectivity index (χ2n) is 5.15. The molecule has 0 spiro atoms. The van der Waals surface area contributed by atoms with Gasteiger partial charge in [0.25, 0.3) is 0 Å². The van der Waals surface area contributed by atoms with Gasteiger partial charge in [-0.1, -0.05) is 48.5 Å². The summed E-state index contributed by atoms with van der Waals surface area (Å²) in [5, 5.41) is 14.3. The molecule has 0 fully saturated rings. The molecule has 5 nitrogen and oxygen atoms in total. The van der Waals surface area contributed by atoms with E-state index in [1.165, 1.54) is 0 Å². The van der Waals surface area contributed by atoms with Crippen LogP contribution in [0.25, 0.3) is 0 Å². The Morgan fingerprint density at radius 1 is 0.913 bits per heavy atom. The van der Waals surface area contributed by atoms with Crippen molar-refractivity contribution >= 4 is 17.5 Å².